The van der Waals surface area contributed by atoms with Gasteiger partial charge in [0.25, 0.3) is 5.69 Å². The lowest BCUT2D eigenvalue weighted by molar-refractivity contribution is -0.384. The third-order valence-electron chi connectivity index (χ3n) is 3.29. The Morgan fingerprint density at radius 2 is 1.88 bits per heavy atom. The number of nitrogens with zero attached hydrogens (tertiary/aromatic N) is 1. The van der Waals surface area contributed by atoms with Crippen molar-refractivity contribution in [3.8, 4) is 0 Å². The van der Waals surface area contributed by atoms with Crippen LogP contribution in [0.4, 0.5) is 5.69 Å². The van der Waals surface area contributed by atoms with Crippen LogP contribution in [0.15, 0.2) is 53.4 Å². The van der Waals surface area contributed by atoms with E-state index < -0.39 is 31.9 Å². The fraction of sp³-hybridized carbons (Fsp3) is 0.133. The van der Waals surface area contributed by atoms with Crippen LogP contribution in [-0.2, 0) is 21.2 Å². The highest BCUT2D eigenvalue weighted by Crippen LogP contribution is 2.26. The van der Waals surface area contributed by atoms with Gasteiger partial charge in [-0.25, -0.2) is 8.42 Å². The van der Waals surface area contributed by atoms with Crippen molar-refractivity contribution < 1.29 is 23.2 Å². The Morgan fingerprint density at radius 1 is 1.24 bits per heavy atom. The minimum atomic E-state index is -4.28. The number of nitro groups is 1. The number of nitrogens with one attached hydrogen (secondary N) is 1. The van der Waals surface area contributed by atoms with E-state index >= 15 is 0 Å². The molecular formula is C15H13ClN2O6S. The number of carbonyl (C=O) groups is 1. The fourth-order valence-corrected chi connectivity index (χ4v) is 3.83. The zero-order valence-corrected chi connectivity index (χ0v) is 14.2. The van der Waals surface area contributed by atoms with E-state index in [1.165, 1.54) is 0 Å². The summed E-state index contributed by atoms with van der Waals surface area (Å²) in [5, 5.41) is 19.6. The molecule has 0 amide bonds. The van der Waals surface area contributed by atoms with Crippen molar-refractivity contribution in [3.05, 3.63) is 69.2 Å². The molecule has 0 aliphatic carbocycles. The monoisotopic (exact) mass is 384 g/mol. The number of non-ortho nitro benzene ring substituents is 1. The summed E-state index contributed by atoms with van der Waals surface area (Å²) in [6.45, 7) is 0. The first kappa shape index (κ1) is 18.8. The Balaban J connectivity index is 2.28. The molecule has 8 nitrogen and oxygen atoms in total. The van der Waals surface area contributed by atoms with Crippen LogP contribution in [0.2, 0.25) is 5.02 Å². The van der Waals surface area contributed by atoms with E-state index in [1.807, 2.05) is 0 Å². The van der Waals surface area contributed by atoms with Crippen LogP contribution in [0, 0.1) is 10.1 Å². The normalized spacial score (nSPS) is 12.5. The average Bonchev–Trinajstić information content (AvgIpc) is 2.54. The molecule has 0 aromatic heterocycles. The number of hydrogen-bond donors (Lipinski definition) is 2. The van der Waals surface area contributed by atoms with Crippen LogP contribution in [0.25, 0.3) is 0 Å². The number of hydrogen-bond acceptors (Lipinski definition) is 5. The third-order valence-corrected chi connectivity index (χ3v) is 5.25. The third kappa shape index (κ3) is 4.75. The second kappa shape index (κ2) is 7.60. The predicted molar refractivity (Wildman–Crippen MR) is 90.0 cm³/mol. The molecule has 2 aromatic carbocycles. The van der Waals surface area contributed by atoms with Gasteiger partial charge in [0.1, 0.15) is 10.9 Å². The molecule has 0 heterocycles. The highest BCUT2D eigenvalue weighted by Gasteiger charge is 2.28. The van der Waals surface area contributed by atoms with Gasteiger partial charge in [-0.3, -0.25) is 14.9 Å². The Morgan fingerprint density at radius 3 is 2.40 bits per heavy atom. The quantitative estimate of drug-likeness (QED) is 0.556. The summed E-state index contributed by atoms with van der Waals surface area (Å²) in [4.78, 5) is 20.9. The minimum absolute atomic E-state index is 0.0694. The number of rotatable bonds is 7. The lowest BCUT2D eigenvalue weighted by atomic mass is 10.1. The highest BCUT2D eigenvalue weighted by atomic mass is 35.5. The van der Waals surface area contributed by atoms with E-state index in [4.69, 9.17) is 11.6 Å². The van der Waals surface area contributed by atoms with Gasteiger partial charge in [0.2, 0.25) is 10.0 Å². The zero-order valence-electron chi connectivity index (χ0n) is 12.6. The number of benzene rings is 2. The highest BCUT2D eigenvalue weighted by molar-refractivity contribution is 7.89. The molecule has 0 aliphatic heterocycles. The van der Waals surface area contributed by atoms with E-state index in [0.29, 0.717) is 5.56 Å². The molecule has 1 atom stereocenters. The van der Waals surface area contributed by atoms with E-state index in [9.17, 15) is 28.4 Å². The maximum Gasteiger partial charge on any atom is 0.322 e. The standard InChI is InChI=1S/C15H13ClN2O6S/c16-12-9-11(18(21)22)6-7-14(12)25(23,24)17-13(15(19)20)8-10-4-2-1-3-5-10/h1-7,9,13,17H,8H2,(H,19,20). The first-order valence-electron chi connectivity index (χ1n) is 6.93. The topological polar surface area (TPSA) is 127 Å². The van der Waals surface area contributed by atoms with Gasteiger partial charge >= 0.3 is 5.97 Å². The van der Waals surface area contributed by atoms with Crippen LogP contribution >= 0.6 is 11.6 Å². The molecule has 2 aromatic rings. The van der Waals surface area contributed by atoms with Gasteiger partial charge in [0.15, 0.2) is 0 Å². The van der Waals surface area contributed by atoms with E-state index in [-0.39, 0.29) is 17.1 Å². The number of sulfonamides is 1. The molecule has 2 N–H and O–H groups in total. The van der Waals surface area contributed by atoms with E-state index in [1.54, 1.807) is 30.3 Å². The molecule has 0 fully saturated rings. The predicted octanol–water partition coefficient (Wildman–Crippen LogP) is 2.22. The van der Waals surface area contributed by atoms with Crippen LogP contribution in [0.1, 0.15) is 5.56 Å². The van der Waals surface area contributed by atoms with Gasteiger partial charge in [-0.15, -0.1) is 0 Å². The summed E-state index contributed by atoms with van der Waals surface area (Å²) >= 11 is 5.81. The molecule has 0 saturated heterocycles. The van der Waals surface area contributed by atoms with Crippen molar-refractivity contribution in [1.29, 1.82) is 0 Å². The van der Waals surface area contributed by atoms with Crippen molar-refractivity contribution in [2.24, 2.45) is 0 Å². The summed E-state index contributed by atoms with van der Waals surface area (Å²) in [6.07, 6.45) is -0.0694. The molecule has 0 saturated carbocycles. The summed E-state index contributed by atoms with van der Waals surface area (Å²) in [5.41, 5.74) is 0.260. The van der Waals surface area contributed by atoms with Gasteiger partial charge in [-0.05, 0) is 18.1 Å². The summed E-state index contributed by atoms with van der Waals surface area (Å²) < 4.78 is 26.9. The number of carboxylic acid groups (broad SMARTS) is 1. The van der Waals surface area contributed by atoms with E-state index in [0.717, 1.165) is 18.2 Å². The number of aliphatic carboxylic acids is 1. The van der Waals surface area contributed by atoms with Crippen molar-refractivity contribution in [1.82, 2.24) is 4.72 Å². The molecule has 1 unspecified atom stereocenters. The van der Waals surface area contributed by atoms with Crippen molar-refractivity contribution in [2.45, 2.75) is 17.4 Å². The molecule has 0 radical (unpaired) electrons. The first-order chi connectivity index (χ1) is 11.7. The molecular weight excluding hydrogens is 372 g/mol. The molecule has 2 rings (SSSR count). The van der Waals surface area contributed by atoms with Gasteiger partial charge < -0.3 is 5.11 Å². The Hall–Kier alpha value is -2.49. The van der Waals surface area contributed by atoms with Crippen molar-refractivity contribution in [2.75, 3.05) is 0 Å². The van der Waals surface area contributed by atoms with Crippen LogP contribution in [0.5, 0.6) is 0 Å². The smallest absolute Gasteiger partial charge is 0.322 e. The average molecular weight is 385 g/mol. The summed E-state index contributed by atoms with van der Waals surface area (Å²) in [5.74, 6) is -1.36. The lowest BCUT2D eigenvalue weighted by Crippen LogP contribution is -2.42. The number of halogens is 1. The molecule has 0 bridgehead atoms. The maximum absolute atomic E-state index is 12.4. The van der Waals surface area contributed by atoms with Crippen LogP contribution < -0.4 is 4.72 Å². The van der Waals surface area contributed by atoms with E-state index in [2.05, 4.69) is 4.72 Å². The molecule has 132 valence electrons. The second-order valence-corrected chi connectivity index (χ2v) is 7.16. The van der Waals surface area contributed by atoms with Crippen LogP contribution in [0.3, 0.4) is 0 Å². The Bertz CT molecular complexity index is 901. The summed E-state index contributed by atoms with van der Waals surface area (Å²) in [7, 11) is -4.28. The molecule has 0 spiro atoms. The van der Waals surface area contributed by atoms with Gasteiger partial charge in [-0.2, -0.15) is 4.72 Å². The Kier molecular flexibility index (Phi) is 5.73. The molecule has 25 heavy (non-hydrogen) atoms. The van der Waals surface area contributed by atoms with Crippen molar-refractivity contribution in [3.63, 3.8) is 0 Å². The number of carboxylic acids is 1. The second-order valence-electron chi connectivity index (χ2n) is 5.07. The largest absolute Gasteiger partial charge is 0.480 e. The molecule has 10 heteroatoms. The number of nitro benzene ring substituents is 1. The van der Waals surface area contributed by atoms with Gasteiger partial charge in [0, 0.05) is 12.1 Å². The zero-order chi connectivity index (χ0) is 18.6. The van der Waals surface area contributed by atoms with Crippen molar-refractivity contribution >= 4 is 33.3 Å². The van der Waals surface area contributed by atoms with Gasteiger partial charge in [0.05, 0.1) is 9.95 Å². The minimum Gasteiger partial charge on any atom is -0.480 e. The Labute approximate surface area is 148 Å². The maximum atomic E-state index is 12.4. The first-order valence-corrected chi connectivity index (χ1v) is 8.80. The fourth-order valence-electron chi connectivity index (χ4n) is 2.10. The van der Waals surface area contributed by atoms with Crippen LogP contribution in [-0.4, -0.2) is 30.5 Å². The van der Waals surface area contributed by atoms with Gasteiger partial charge in [-0.1, -0.05) is 41.9 Å². The SMILES string of the molecule is O=C(O)C(Cc1ccccc1)NS(=O)(=O)c1ccc([N+](=O)[O-])cc1Cl. The lowest BCUT2D eigenvalue weighted by Gasteiger charge is -2.15. The summed E-state index contributed by atoms with van der Waals surface area (Å²) in [6, 6.07) is 9.91. The molecule has 0 aliphatic rings.